The molecule has 19 valence electrons. The zero-order chi connectivity index (χ0) is 2.99. The third kappa shape index (κ3) is 0.344. The molecule has 0 amide bonds. The number of hydrogen-bond donors (Lipinski definition) is 0. The van der Waals surface area contributed by atoms with Gasteiger partial charge in [-0.2, -0.15) is 4.44 Å². The van der Waals surface area contributed by atoms with Crippen LogP contribution in [0.5, 0.6) is 0 Å². The van der Waals surface area contributed by atoms with Gasteiger partial charge in [-0.1, -0.05) is 5.28 Å². The van der Waals surface area contributed by atoms with E-state index in [4.69, 9.17) is 0 Å². The van der Waals surface area contributed by atoms with Crippen molar-refractivity contribution in [3.63, 3.8) is 0 Å². The topological polar surface area (TPSA) is 0 Å². The Labute approximate surface area is 32.2 Å². The van der Waals surface area contributed by atoms with Crippen LogP contribution >= 0.6 is 0 Å². The first-order valence-electron chi connectivity index (χ1n) is 1.40. The fraction of sp³-hybridized carbons (Fsp3) is 0.333. The van der Waals surface area contributed by atoms with Crippen LogP contribution in [0, 0.1) is 0 Å². The third-order valence-corrected chi connectivity index (χ3v) is 1.48. The zero-order valence-electron chi connectivity index (χ0n) is 2.49. The van der Waals surface area contributed by atoms with Gasteiger partial charge < -0.3 is 0 Å². The lowest BCUT2D eigenvalue weighted by Crippen LogP contribution is -1.30. The quantitative estimate of drug-likeness (QED) is 0.365. The molecule has 0 aromatic rings. The summed E-state index contributed by atoms with van der Waals surface area (Å²) in [5, 5.41) is 1.38. The van der Waals surface area contributed by atoms with Crippen molar-refractivity contribution in [2.24, 2.45) is 0 Å². The van der Waals surface area contributed by atoms with Crippen LogP contribution in [0.2, 0.25) is 5.28 Å². The molecule has 1 heterocycles. The van der Waals surface area contributed by atoms with E-state index in [-0.39, 0.29) is 0 Å². The van der Waals surface area contributed by atoms with Gasteiger partial charge in [0.2, 0.25) is 15.2 Å². The van der Waals surface area contributed by atoms with Crippen molar-refractivity contribution < 1.29 is 0 Å². The Bertz CT molecular complexity index is 41.2. The lowest BCUT2D eigenvalue weighted by atomic mass is 10.8. The molecular formula is C3H4Al. The average Bonchev–Trinajstić information content (AvgIpc) is 1.75. The van der Waals surface area contributed by atoms with Gasteiger partial charge in [0.15, 0.2) is 0 Å². The Morgan fingerprint density at radius 3 is 2.25 bits per heavy atom. The minimum absolute atomic E-state index is 0.755. The van der Waals surface area contributed by atoms with Crippen LogP contribution in [0.4, 0.5) is 0 Å². The molecule has 4 heavy (non-hydrogen) atoms. The van der Waals surface area contributed by atoms with Gasteiger partial charge in [0, 0.05) is 0 Å². The Morgan fingerprint density at radius 1 is 2.00 bits per heavy atom. The summed E-state index contributed by atoms with van der Waals surface area (Å²) in [6, 6.07) is 0. The molecule has 0 aromatic carbocycles. The molecule has 0 nitrogen and oxygen atoms in total. The Morgan fingerprint density at radius 2 is 2.25 bits per heavy atom. The van der Waals surface area contributed by atoms with E-state index in [0.717, 1.165) is 15.2 Å². The molecule has 1 saturated heterocycles. The van der Waals surface area contributed by atoms with E-state index in [2.05, 4.69) is 6.58 Å². The minimum atomic E-state index is 0.755. The van der Waals surface area contributed by atoms with Crippen LogP contribution in [0.15, 0.2) is 11.0 Å². The largest absolute Gasteiger partial charge is 0.243 e. The number of hydrogen-bond acceptors (Lipinski definition) is 0. The normalized spacial score (nSPS) is 19.5. The summed E-state index contributed by atoms with van der Waals surface area (Å²) in [5.41, 5.74) is 0. The van der Waals surface area contributed by atoms with Crippen molar-refractivity contribution >= 4 is 15.2 Å². The Kier molecular flexibility index (Phi) is 0.381. The second-order valence-electron chi connectivity index (χ2n) is 1.07. The fourth-order valence-electron chi connectivity index (χ4n) is 0.0722. The summed E-state index contributed by atoms with van der Waals surface area (Å²) in [7, 11) is 0. The van der Waals surface area contributed by atoms with Crippen LogP contribution in [-0.2, 0) is 0 Å². The molecule has 1 fully saturated rings. The molecule has 1 aliphatic heterocycles. The van der Waals surface area contributed by atoms with Crippen molar-refractivity contribution in [3.05, 3.63) is 11.0 Å². The van der Waals surface area contributed by atoms with Crippen molar-refractivity contribution in [1.29, 1.82) is 0 Å². The summed E-state index contributed by atoms with van der Waals surface area (Å²) in [4.78, 5) is 0. The highest BCUT2D eigenvalue weighted by Crippen LogP contribution is 2.12. The van der Waals surface area contributed by atoms with E-state index in [0.29, 0.717) is 0 Å². The van der Waals surface area contributed by atoms with Gasteiger partial charge in [-0.25, -0.2) is 0 Å². The maximum atomic E-state index is 3.70. The van der Waals surface area contributed by atoms with Gasteiger partial charge in [0.1, 0.15) is 0 Å². The van der Waals surface area contributed by atoms with Crippen LogP contribution in [0.3, 0.4) is 0 Å². The first-order chi connectivity index (χ1) is 1.89. The molecule has 1 heteroatoms. The van der Waals surface area contributed by atoms with Gasteiger partial charge in [-0.3, -0.25) is 0 Å². The summed E-state index contributed by atoms with van der Waals surface area (Å²) in [6.45, 7) is 3.70. The molecule has 1 radical (unpaired) electrons. The molecule has 0 bridgehead atoms. The predicted octanol–water partition coefficient (Wildman–Crippen LogP) is 0.636. The first-order valence-corrected chi connectivity index (χ1v) is 2.80. The van der Waals surface area contributed by atoms with Gasteiger partial charge in [0.05, 0.1) is 0 Å². The first kappa shape index (κ1) is 2.51. The molecular weight excluding hydrogens is 63.0 g/mol. The smallest absolute Gasteiger partial charge is 0.163 e. The van der Waals surface area contributed by atoms with Crippen LogP contribution in [0.25, 0.3) is 0 Å². The molecule has 0 N–H and O–H groups in total. The van der Waals surface area contributed by atoms with E-state index in [1.807, 2.05) is 0 Å². The van der Waals surface area contributed by atoms with Crippen molar-refractivity contribution in [1.82, 2.24) is 0 Å². The molecule has 0 aliphatic carbocycles. The van der Waals surface area contributed by atoms with E-state index in [1.165, 1.54) is 9.72 Å². The number of rotatable bonds is 0. The van der Waals surface area contributed by atoms with E-state index < -0.39 is 0 Å². The molecule has 0 saturated carbocycles. The summed E-state index contributed by atoms with van der Waals surface area (Å²) >= 11 is 0.755. The number of allylic oxidation sites excluding steroid dienone is 1. The van der Waals surface area contributed by atoms with E-state index in [1.54, 1.807) is 0 Å². The monoisotopic (exact) mass is 67.0 g/mol. The van der Waals surface area contributed by atoms with Crippen molar-refractivity contribution in [3.8, 4) is 0 Å². The Hall–Kier alpha value is 0.272. The average molecular weight is 67.0 g/mol. The summed E-state index contributed by atoms with van der Waals surface area (Å²) in [5.74, 6) is 0. The molecule has 0 unspecified atom stereocenters. The predicted molar refractivity (Wildman–Crippen MR) is 19.7 cm³/mol. The van der Waals surface area contributed by atoms with Crippen LogP contribution in [0.1, 0.15) is 0 Å². The molecule has 0 aromatic heterocycles. The second-order valence-corrected chi connectivity index (χ2v) is 2.70. The zero-order valence-corrected chi connectivity index (χ0v) is 3.65. The SMILES string of the molecule is C=[C]1[CH2][Al]1. The van der Waals surface area contributed by atoms with Crippen molar-refractivity contribution in [2.45, 2.75) is 5.28 Å². The lowest BCUT2D eigenvalue weighted by molar-refractivity contribution is 1.91. The molecule has 1 aliphatic rings. The summed E-state index contributed by atoms with van der Waals surface area (Å²) < 4.78 is 1.50. The minimum Gasteiger partial charge on any atom is -0.163 e. The van der Waals surface area contributed by atoms with Crippen LogP contribution < -0.4 is 0 Å². The van der Waals surface area contributed by atoms with E-state index in [9.17, 15) is 0 Å². The van der Waals surface area contributed by atoms with Crippen LogP contribution in [-0.4, -0.2) is 15.2 Å². The highest BCUT2D eigenvalue weighted by molar-refractivity contribution is 6.60. The molecule has 0 spiro atoms. The standard InChI is InChI=1S/C3H4.Al/c1-3-2;/h1-2H2;. The van der Waals surface area contributed by atoms with Gasteiger partial charge in [-0.15, -0.1) is 6.58 Å². The van der Waals surface area contributed by atoms with E-state index >= 15 is 0 Å². The summed E-state index contributed by atoms with van der Waals surface area (Å²) in [6.07, 6.45) is 0. The Balaban J connectivity index is 2.60. The third-order valence-electron chi connectivity index (χ3n) is 0.493. The fourth-order valence-corrected chi connectivity index (χ4v) is 0.217. The van der Waals surface area contributed by atoms with Gasteiger partial charge in [-0.05, 0) is 0 Å². The molecule has 1 rings (SSSR count). The highest BCUT2D eigenvalue weighted by atomic mass is 27.1. The maximum Gasteiger partial charge on any atom is 0.243 e. The highest BCUT2D eigenvalue weighted by Gasteiger charge is 2.08. The van der Waals surface area contributed by atoms with Crippen molar-refractivity contribution in [2.75, 3.05) is 0 Å². The van der Waals surface area contributed by atoms with Gasteiger partial charge in [0.25, 0.3) is 0 Å². The second kappa shape index (κ2) is 0.608. The van der Waals surface area contributed by atoms with Gasteiger partial charge >= 0.3 is 0 Å². The molecule has 0 atom stereocenters. The lowest BCUT2D eigenvalue weighted by Gasteiger charge is -1.39. The maximum absolute atomic E-state index is 3.70.